The van der Waals surface area contributed by atoms with Crippen molar-refractivity contribution in [3.63, 3.8) is 0 Å². The Morgan fingerprint density at radius 2 is 1.65 bits per heavy atom. The van der Waals surface area contributed by atoms with Crippen LogP contribution in [-0.2, 0) is 20.9 Å². The summed E-state index contributed by atoms with van der Waals surface area (Å²) in [6.45, 7) is 0.245. The average molecular weight is 618 g/mol. The van der Waals surface area contributed by atoms with Gasteiger partial charge in [0.2, 0.25) is 0 Å². The number of nitro benzene ring substituents is 1. The van der Waals surface area contributed by atoms with Crippen LogP contribution in [0.25, 0.3) is 6.08 Å². The molecule has 46 heavy (non-hydrogen) atoms. The van der Waals surface area contributed by atoms with Crippen LogP contribution < -0.4 is 9.64 Å². The minimum Gasteiger partial charge on any atom is -0.469 e. The molecule has 0 spiro atoms. The number of nitro groups is 1. The molecule has 10 heteroatoms. The number of nitrogens with zero attached hydrogens (tertiary/aromatic N) is 3. The smallest absolute Gasteiger partial charge is 0.305 e. The topological polar surface area (TPSA) is 119 Å². The summed E-state index contributed by atoms with van der Waals surface area (Å²) in [4.78, 5) is 55.6. The molecular formula is C36H31N3O7. The number of unbranched alkanes of at least 4 members (excludes halogenated alkanes) is 1. The number of hydrogen-bond acceptors (Lipinski definition) is 7. The van der Waals surface area contributed by atoms with Gasteiger partial charge in [-0.05, 0) is 60.2 Å². The molecule has 0 saturated carbocycles. The Bertz CT molecular complexity index is 1850. The molecule has 0 aromatic heterocycles. The zero-order chi connectivity index (χ0) is 32.2. The summed E-state index contributed by atoms with van der Waals surface area (Å²) < 4.78 is 11.0. The molecule has 1 unspecified atom stereocenters. The molecule has 2 aliphatic rings. The number of para-hydroxylation sites is 2. The second-order valence-electron chi connectivity index (χ2n) is 11.0. The van der Waals surface area contributed by atoms with Crippen molar-refractivity contribution in [1.82, 2.24) is 4.90 Å². The quantitative estimate of drug-likeness (QED) is 0.0843. The van der Waals surface area contributed by atoms with Gasteiger partial charge < -0.3 is 14.4 Å². The number of methoxy groups -OCH3 is 1. The number of rotatable bonds is 9. The van der Waals surface area contributed by atoms with Crippen LogP contribution in [0.5, 0.6) is 11.5 Å². The van der Waals surface area contributed by atoms with Gasteiger partial charge >= 0.3 is 5.97 Å². The molecule has 0 fully saturated rings. The van der Waals surface area contributed by atoms with Gasteiger partial charge in [0.1, 0.15) is 11.8 Å². The van der Waals surface area contributed by atoms with E-state index in [1.807, 2.05) is 60.7 Å². The molecule has 232 valence electrons. The van der Waals surface area contributed by atoms with Gasteiger partial charge in [-0.1, -0.05) is 66.7 Å². The van der Waals surface area contributed by atoms with E-state index in [-0.39, 0.29) is 41.8 Å². The Hall–Kier alpha value is -5.77. The minimum atomic E-state index is -1.13. The van der Waals surface area contributed by atoms with Crippen LogP contribution in [0.15, 0.2) is 103 Å². The number of benzene rings is 4. The first-order chi connectivity index (χ1) is 22.4. The van der Waals surface area contributed by atoms with E-state index in [0.29, 0.717) is 36.3 Å². The number of esters is 1. The van der Waals surface area contributed by atoms with Crippen molar-refractivity contribution in [3.05, 3.63) is 135 Å². The lowest BCUT2D eigenvalue weighted by molar-refractivity contribution is -0.384. The highest BCUT2D eigenvalue weighted by Gasteiger charge is 2.42. The van der Waals surface area contributed by atoms with Crippen molar-refractivity contribution in [2.45, 2.75) is 38.3 Å². The maximum absolute atomic E-state index is 15.0. The molecule has 0 bridgehead atoms. The van der Waals surface area contributed by atoms with Crippen molar-refractivity contribution in [3.8, 4) is 11.5 Å². The molecular weight excluding hydrogens is 586 g/mol. The monoisotopic (exact) mass is 617 g/mol. The summed E-state index contributed by atoms with van der Waals surface area (Å²) in [5.74, 6) is -0.740. The second kappa shape index (κ2) is 13.1. The molecule has 2 aliphatic heterocycles. The van der Waals surface area contributed by atoms with Gasteiger partial charge in [0, 0.05) is 24.3 Å². The lowest BCUT2D eigenvalue weighted by atomic mass is 9.97. The van der Waals surface area contributed by atoms with E-state index in [0.717, 1.165) is 16.8 Å². The third kappa shape index (κ3) is 5.97. The molecule has 1 atom stereocenters. The number of ether oxygens (including phenoxy) is 2. The van der Waals surface area contributed by atoms with Crippen molar-refractivity contribution >= 4 is 35.2 Å². The summed E-state index contributed by atoms with van der Waals surface area (Å²) in [6, 6.07) is 26.7. The average Bonchev–Trinajstić information content (AvgIpc) is 3.26. The lowest BCUT2D eigenvalue weighted by Gasteiger charge is -2.34. The lowest BCUT2D eigenvalue weighted by Crippen LogP contribution is -2.44. The third-order valence-electron chi connectivity index (χ3n) is 8.16. The highest BCUT2D eigenvalue weighted by Crippen LogP contribution is 2.45. The molecule has 2 heterocycles. The van der Waals surface area contributed by atoms with E-state index in [4.69, 9.17) is 9.47 Å². The SMILES string of the molecule is COC(=O)CCCCC1=Cc2ccccc2C(N2C(=O)c3cc([N+](=O)[O-])ccc3Oc3ccccc32)C(=O)N1Cc1ccccc1. The zero-order valence-corrected chi connectivity index (χ0v) is 25.1. The third-order valence-corrected chi connectivity index (χ3v) is 8.16. The maximum Gasteiger partial charge on any atom is 0.305 e. The van der Waals surface area contributed by atoms with Crippen LogP contribution in [0, 0.1) is 10.1 Å². The Labute approximate surface area is 265 Å². The van der Waals surface area contributed by atoms with Gasteiger partial charge in [-0.2, -0.15) is 0 Å². The van der Waals surface area contributed by atoms with Crippen LogP contribution in [0.1, 0.15) is 58.8 Å². The minimum absolute atomic E-state index is 0.0227. The molecule has 0 radical (unpaired) electrons. The number of amides is 2. The summed E-state index contributed by atoms with van der Waals surface area (Å²) in [6.07, 6.45) is 3.94. The molecule has 4 aromatic rings. The van der Waals surface area contributed by atoms with E-state index in [1.54, 1.807) is 29.2 Å². The van der Waals surface area contributed by atoms with Crippen molar-refractivity contribution in [2.24, 2.45) is 0 Å². The predicted molar refractivity (Wildman–Crippen MR) is 171 cm³/mol. The fourth-order valence-electron chi connectivity index (χ4n) is 5.89. The first kappa shape index (κ1) is 30.3. The summed E-state index contributed by atoms with van der Waals surface area (Å²) >= 11 is 0. The molecule has 10 nitrogen and oxygen atoms in total. The molecule has 0 aliphatic carbocycles. The second-order valence-corrected chi connectivity index (χ2v) is 11.0. The van der Waals surface area contributed by atoms with Crippen LogP contribution in [0.2, 0.25) is 0 Å². The standard InChI is InChI=1S/C36H31N3O7/c1-45-33(40)18-10-6-14-26-21-25-13-5-7-15-28(25)34(36(42)37(26)23-24-11-3-2-4-12-24)38-30-16-8-9-17-32(30)46-31-20-19-27(39(43)44)22-29(31)35(38)41/h2-5,7-9,11-13,15-17,19-22,34H,6,10,14,18,23H2,1H3. The molecule has 0 saturated heterocycles. The van der Waals surface area contributed by atoms with E-state index in [1.165, 1.54) is 30.2 Å². The first-order valence-corrected chi connectivity index (χ1v) is 15.0. The Morgan fingerprint density at radius 3 is 2.43 bits per heavy atom. The fraction of sp³-hybridized carbons (Fsp3) is 0.194. The van der Waals surface area contributed by atoms with Gasteiger partial charge in [0.15, 0.2) is 5.75 Å². The van der Waals surface area contributed by atoms with E-state index in [9.17, 15) is 19.7 Å². The first-order valence-electron chi connectivity index (χ1n) is 15.0. The molecule has 0 N–H and O–H groups in total. The summed E-state index contributed by atoms with van der Waals surface area (Å²) in [5, 5.41) is 11.7. The largest absolute Gasteiger partial charge is 0.469 e. The van der Waals surface area contributed by atoms with Crippen LogP contribution >= 0.6 is 0 Å². The Morgan fingerprint density at radius 1 is 0.913 bits per heavy atom. The summed E-state index contributed by atoms with van der Waals surface area (Å²) in [5.41, 5.74) is 3.08. The van der Waals surface area contributed by atoms with Crippen LogP contribution in [-0.4, -0.2) is 34.7 Å². The van der Waals surface area contributed by atoms with Crippen molar-refractivity contribution < 1.29 is 28.8 Å². The Balaban J connectivity index is 1.49. The maximum atomic E-state index is 15.0. The van der Waals surface area contributed by atoms with E-state index in [2.05, 4.69) is 0 Å². The van der Waals surface area contributed by atoms with Gasteiger partial charge in [-0.25, -0.2) is 0 Å². The number of hydrogen-bond donors (Lipinski definition) is 0. The molecule has 4 aromatic carbocycles. The number of allylic oxidation sites excluding steroid dienone is 1. The Kier molecular flexibility index (Phi) is 8.60. The summed E-state index contributed by atoms with van der Waals surface area (Å²) in [7, 11) is 1.36. The highest BCUT2D eigenvalue weighted by atomic mass is 16.6. The number of non-ortho nitro benzene ring substituents is 1. The highest BCUT2D eigenvalue weighted by molar-refractivity contribution is 6.13. The number of carbonyl (C=O) groups excluding carboxylic acids is 3. The van der Waals surface area contributed by atoms with Gasteiger partial charge in [-0.3, -0.25) is 29.4 Å². The van der Waals surface area contributed by atoms with Gasteiger partial charge in [0.05, 0.1) is 29.8 Å². The molecule has 2 amide bonds. The van der Waals surface area contributed by atoms with Gasteiger partial charge in [0.25, 0.3) is 17.5 Å². The van der Waals surface area contributed by atoms with Crippen molar-refractivity contribution in [1.29, 1.82) is 0 Å². The van der Waals surface area contributed by atoms with Crippen molar-refractivity contribution in [2.75, 3.05) is 12.0 Å². The van der Waals surface area contributed by atoms with E-state index < -0.39 is 16.9 Å². The van der Waals surface area contributed by atoms with E-state index >= 15 is 4.79 Å². The predicted octanol–water partition coefficient (Wildman–Crippen LogP) is 7.21. The van der Waals surface area contributed by atoms with Crippen LogP contribution in [0.3, 0.4) is 0 Å². The van der Waals surface area contributed by atoms with Gasteiger partial charge in [-0.15, -0.1) is 0 Å². The fourth-order valence-corrected chi connectivity index (χ4v) is 5.89. The van der Waals surface area contributed by atoms with Crippen LogP contribution in [0.4, 0.5) is 11.4 Å². The zero-order valence-electron chi connectivity index (χ0n) is 25.1. The number of anilines is 1. The molecule has 6 rings (SSSR count). The number of carbonyl (C=O) groups is 3. The normalized spacial score (nSPS) is 15.4. The number of fused-ring (bicyclic) bond motifs is 3.